The second kappa shape index (κ2) is 20.0. The van der Waals surface area contributed by atoms with Crippen molar-refractivity contribution in [3.63, 3.8) is 0 Å². The molecule has 0 saturated carbocycles. The molecule has 0 spiro atoms. The van der Waals surface area contributed by atoms with Crippen molar-refractivity contribution >= 4 is 43.7 Å². The molecule has 0 heterocycles. The summed E-state index contributed by atoms with van der Waals surface area (Å²) < 4.78 is 47.5. The fraction of sp³-hybridized carbons (Fsp3) is 0.867. The molecule has 0 saturated heterocycles. The molecule has 6 atom stereocenters. The summed E-state index contributed by atoms with van der Waals surface area (Å²) >= 11 is 0. The van der Waals surface area contributed by atoms with Gasteiger partial charge in [-0.1, -0.05) is 0 Å². The molecule has 0 aromatic carbocycles. The predicted molar refractivity (Wildman–Crippen MR) is 193 cm³/mol. The van der Waals surface area contributed by atoms with Gasteiger partial charge in [0, 0.05) is 27.2 Å². The van der Waals surface area contributed by atoms with E-state index in [1.165, 1.54) is 14.1 Å². The zero-order chi connectivity index (χ0) is 40.3. The van der Waals surface area contributed by atoms with E-state index in [-0.39, 0.29) is 24.9 Å². The number of hydrogen-bond acceptors (Lipinski definition) is 12. The predicted octanol–water partition coefficient (Wildman–Crippen LogP) is -2.82. The number of likely N-dealkylation sites (N-methyl/N-ethyl adjacent to an activating group) is 4. The Bertz CT molecular complexity index is 1250. The summed E-state index contributed by atoms with van der Waals surface area (Å²) in [5.41, 5.74) is -1.56. The zero-order valence-corrected chi connectivity index (χ0v) is 34.3. The second-order valence-electron chi connectivity index (χ2n) is 14.1. The van der Waals surface area contributed by atoms with Crippen molar-refractivity contribution in [2.45, 2.75) is 103 Å². The van der Waals surface area contributed by atoms with Crippen molar-refractivity contribution in [3.05, 3.63) is 0 Å². The highest BCUT2D eigenvalue weighted by Crippen LogP contribution is 2.11. The van der Waals surface area contributed by atoms with Gasteiger partial charge in [-0.15, -0.1) is 0 Å². The molecular weight excluding hydrogens is 697 g/mol. The van der Waals surface area contributed by atoms with Gasteiger partial charge in [0.1, 0.15) is 12.1 Å². The summed E-state index contributed by atoms with van der Waals surface area (Å²) in [6.45, 7) is 12.9. The lowest BCUT2D eigenvalue weighted by Crippen LogP contribution is -2.58. The Morgan fingerprint density at radius 1 is 0.560 bits per heavy atom. The first-order valence-corrected chi connectivity index (χ1v) is 19.7. The summed E-state index contributed by atoms with van der Waals surface area (Å²) in [6, 6.07) is -2.96. The minimum absolute atomic E-state index is 0.144. The van der Waals surface area contributed by atoms with Gasteiger partial charge in [0.15, 0.2) is 0 Å². The minimum Gasteiger partial charge on any atom is -0.390 e. The van der Waals surface area contributed by atoms with Crippen molar-refractivity contribution in [3.8, 4) is 0 Å². The lowest BCUT2D eigenvalue weighted by Gasteiger charge is -2.32. The normalized spacial score (nSPS) is 16.4. The third kappa shape index (κ3) is 16.7. The monoisotopic (exact) mass is 760 g/mol. The van der Waals surface area contributed by atoms with Crippen molar-refractivity contribution in [2.24, 2.45) is 0 Å². The number of nitrogens with zero attached hydrogens (tertiary/aromatic N) is 4. The topological polar surface area (TPSA) is 238 Å². The lowest BCUT2D eigenvalue weighted by molar-refractivity contribution is -0.134. The first-order valence-electron chi connectivity index (χ1n) is 16.0. The van der Waals surface area contributed by atoms with Crippen molar-refractivity contribution in [2.75, 3.05) is 67.9 Å². The first kappa shape index (κ1) is 49.7. The van der Waals surface area contributed by atoms with Crippen molar-refractivity contribution in [1.82, 2.24) is 39.7 Å². The van der Waals surface area contributed by atoms with Crippen LogP contribution in [0.15, 0.2) is 0 Å². The third-order valence-electron chi connectivity index (χ3n) is 8.74. The quantitative estimate of drug-likeness (QED) is 0.0830. The second-order valence-corrected chi connectivity index (χ2v) is 18.3. The van der Waals surface area contributed by atoms with E-state index in [0.29, 0.717) is 0 Å². The van der Waals surface area contributed by atoms with Gasteiger partial charge >= 0.3 is 0 Å². The van der Waals surface area contributed by atoms with Gasteiger partial charge in [0.2, 0.25) is 43.7 Å². The van der Waals surface area contributed by atoms with E-state index in [2.05, 4.69) is 21.3 Å². The number of hydrogen-bond donors (Lipinski definition) is 6. The van der Waals surface area contributed by atoms with Crippen LogP contribution in [0.1, 0.15) is 55.4 Å². The maximum absolute atomic E-state index is 12.2. The highest BCUT2D eigenvalue weighted by atomic mass is 32.2. The number of carbonyl (C=O) groups is 4. The lowest BCUT2D eigenvalue weighted by atomic mass is 10.0. The van der Waals surface area contributed by atoms with Crippen LogP contribution in [0.5, 0.6) is 0 Å². The first-order chi connectivity index (χ1) is 22.2. The third-order valence-corrected chi connectivity index (χ3v) is 11.3. The molecule has 0 fully saturated rings. The highest BCUT2D eigenvalue weighted by molar-refractivity contribution is 7.88. The maximum Gasteiger partial charge on any atom is 0.242 e. The smallest absolute Gasteiger partial charge is 0.242 e. The molecule has 20 heteroatoms. The zero-order valence-electron chi connectivity index (χ0n) is 32.6. The van der Waals surface area contributed by atoms with Crippen LogP contribution in [0.3, 0.4) is 0 Å². The number of aliphatic hydroxyl groups is 2. The van der Waals surface area contributed by atoms with Crippen LogP contribution in [0.4, 0.5) is 0 Å². The number of amides is 4. The average Bonchev–Trinajstić information content (AvgIpc) is 2.95. The van der Waals surface area contributed by atoms with Gasteiger partial charge in [0.05, 0.1) is 47.9 Å². The van der Waals surface area contributed by atoms with Crippen LogP contribution in [0.25, 0.3) is 0 Å². The fourth-order valence-corrected chi connectivity index (χ4v) is 4.14. The SMILES string of the molecule is C[C@H](NC(=O)C(C)(C)N(C)C)C(=O)N[C@@H](C)[C@H](O)CN(C)S(C)(=O)=O.C[C@H](NC(=O)C(C)(C)N(C)C)C(=O)N[C@@H](C)[C@H](O)CN(C)S(C)(=O)=O. The largest absolute Gasteiger partial charge is 0.390 e. The van der Waals surface area contributed by atoms with Gasteiger partial charge < -0.3 is 31.5 Å². The number of aliphatic hydroxyl groups excluding tert-OH is 2. The Hall–Kier alpha value is -2.46. The van der Waals surface area contributed by atoms with Crippen LogP contribution in [-0.4, -0.2) is 184 Å². The van der Waals surface area contributed by atoms with E-state index in [9.17, 15) is 46.2 Å². The molecule has 0 bridgehead atoms. The van der Waals surface area contributed by atoms with Gasteiger partial charge in [0.25, 0.3) is 0 Å². The Morgan fingerprint density at radius 2 is 0.800 bits per heavy atom. The van der Waals surface area contributed by atoms with Gasteiger partial charge in [-0.25, -0.2) is 25.4 Å². The number of carbonyl (C=O) groups excluding carboxylic acids is 4. The molecule has 4 amide bonds. The number of sulfonamides is 2. The number of nitrogens with one attached hydrogen (secondary N) is 4. The van der Waals surface area contributed by atoms with Crippen LogP contribution in [0.2, 0.25) is 0 Å². The molecule has 6 N–H and O–H groups in total. The molecule has 0 rings (SSSR count). The maximum atomic E-state index is 12.2. The van der Waals surface area contributed by atoms with Crippen LogP contribution >= 0.6 is 0 Å². The van der Waals surface area contributed by atoms with Crippen LogP contribution < -0.4 is 21.3 Å². The average molecular weight is 761 g/mol. The number of rotatable bonds is 18. The van der Waals surface area contributed by atoms with Crippen molar-refractivity contribution in [1.29, 1.82) is 0 Å². The van der Waals surface area contributed by atoms with Crippen LogP contribution in [0, 0.1) is 0 Å². The molecule has 50 heavy (non-hydrogen) atoms. The Morgan fingerprint density at radius 3 is 1.00 bits per heavy atom. The molecule has 296 valence electrons. The summed E-state index contributed by atoms with van der Waals surface area (Å²) in [6.07, 6.45) is -0.0882. The molecule has 0 aromatic heterocycles. The Kier molecular flexibility index (Phi) is 19.8. The van der Waals surface area contributed by atoms with Gasteiger partial charge in [-0.3, -0.25) is 29.0 Å². The molecule has 0 aliphatic carbocycles. The van der Waals surface area contributed by atoms with E-state index in [1.807, 2.05) is 0 Å². The molecule has 0 unspecified atom stereocenters. The van der Waals surface area contributed by atoms with Crippen molar-refractivity contribution < 1.29 is 46.2 Å². The summed E-state index contributed by atoms with van der Waals surface area (Å²) in [5.74, 6) is -1.52. The van der Waals surface area contributed by atoms with E-state index in [0.717, 1.165) is 21.1 Å². The van der Waals surface area contributed by atoms with E-state index >= 15 is 0 Å². The standard InChI is InChI=1S/2C15H32N4O5S/c2*1-10(12(20)9-19(7)25(8,23)24)16-13(21)11(2)17-14(22)15(3,4)18(5)6/h2*10-12,20H,9H2,1-8H3,(H,16,21)(H,17,22)/t2*10-,11-,12+/m00/s1. The van der Waals surface area contributed by atoms with E-state index < -0.39 is 79.3 Å². The molecule has 0 aliphatic rings. The summed E-state index contributed by atoms with van der Waals surface area (Å²) in [4.78, 5) is 52.3. The molecule has 0 aromatic rings. The Balaban J connectivity index is 0. The molecule has 18 nitrogen and oxygen atoms in total. The summed E-state index contributed by atoms with van der Waals surface area (Å²) in [5, 5.41) is 30.5. The van der Waals surface area contributed by atoms with Gasteiger partial charge in [-0.05, 0) is 83.6 Å². The van der Waals surface area contributed by atoms with Crippen LogP contribution in [-0.2, 0) is 39.2 Å². The molecular formula is C30H64N8O10S2. The highest BCUT2D eigenvalue weighted by Gasteiger charge is 2.34. The summed E-state index contributed by atoms with van der Waals surface area (Å²) in [7, 11) is 2.92. The molecule has 0 aliphatic heterocycles. The van der Waals surface area contributed by atoms with E-state index in [1.54, 1.807) is 93.4 Å². The minimum atomic E-state index is -3.42. The van der Waals surface area contributed by atoms with E-state index in [4.69, 9.17) is 0 Å². The van der Waals surface area contributed by atoms with Gasteiger partial charge in [-0.2, -0.15) is 0 Å². The Labute approximate surface area is 299 Å². The molecule has 0 radical (unpaired) electrons. The fourth-order valence-electron chi connectivity index (χ4n) is 3.29.